The Kier molecular flexibility index (Phi) is 8.67. The summed E-state index contributed by atoms with van der Waals surface area (Å²) >= 11 is 11.2. The molecule has 1 rings (SSSR count). The van der Waals surface area contributed by atoms with Gasteiger partial charge in [0, 0.05) is 19.0 Å². The van der Waals surface area contributed by atoms with Gasteiger partial charge in [-0.3, -0.25) is 20.2 Å². The monoisotopic (exact) mass is 414 g/mol. The maximum atomic E-state index is 12.4. The molecular weight excluding hydrogens is 400 g/mol. The van der Waals surface area contributed by atoms with E-state index in [9.17, 15) is 18.0 Å². The van der Waals surface area contributed by atoms with E-state index in [-0.39, 0.29) is 23.5 Å². The normalized spacial score (nSPS) is 14.3. The predicted molar refractivity (Wildman–Crippen MR) is 95.3 cm³/mol. The topological polar surface area (TPSA) is 69.4 Å². The standard InChI is InChI=1S/C14H15Cl2F3N4OS/c1-2-23(11(24)8-25-13(16)14(17,18)19)10(12(15)20)7-22-9-4-3-5-21-6-9/h3-7,10,13,20H,2,8H2,1H3. The van der Waals surface area contributed by atoms with Gasteiger partial charge in [0.15, 0.2) is 4.71 Å². The molecule has 0 aliphatic rings. The van der Waals surface area contributed by atoms with Crippen molar-refractivity contribution in [3.8, 4) is 0 Å². The lowest BCUT2D eigenvalue weighted by Crippen LogP contribution is -2.45. The van der Waals surface area contributed by atoms with Crippen LogP contribution in [0.4, 0.5) is 18.9 Å². The molecule has 1 N–H and O–H groups in total. The van der Waals surface area contributed by atoms with E-state index in [1.54, 1.807) is 25.3 Å². The van der Waals surface area contributed by atoms with E-state index in [4.69, 9.17) is 28.6 Å². The van der Waals surface area contributed by atoms with Crippen LogP contribution in [-0.2, 0) is 4.79 Å². The Bertz CT molecular complexity index is 616. The zero-order valence-corrected chi connectivity index (χ0v) is 15.3. The molecule has 0 fully saturated rings. The third kappa shape index (κ3) is 7.21. The number of thioether (sulfide) groups is 1. The van der Waals surface area contributed by atoms with Gasteiger partial charge in [-0.1, -0.05) is 11.6 Å². The molecule has 138 valence electrons. The van der Waals surface area contributed by atoms with Crippen molar-refractivity contribution in [2.45, 2.75) is 23.9 Å². The van der Waals surface area contributed by atoms with E-state index in [0.717, 1.165) is 4.90 Å². The molecule has 0 aliphatic carbocycles. The zero-order chi connectivity index (χ0) is 19.0. The minimum atomic E-state index is -4.61. The highest BCUT2D eigenvalue weighted by Crippen LogP contribution is 2.33. The van der Waals surface area contributed by atoms with Crippen molar-refractivity contribution in [3.05, 3.63) is 24.5 Å². The Balaban J connectivity index is 2.83. The van der Waals surface area contributed by atoms with Gasteiger partial charge in [-0.05, 0) is 19.1 Å². The van der Waals surface area contributed by atoms with Gasteiger partial charge in [-0.2, -0.15) is 13.2 Å². The number of carbonyl (C=O) groups excluding carboxylic acids is 1. The molecule has 0 aromatic carbocycles. The van der Waals surface area contributed by atoms with Crippen LogP contribution in [-0.4, -0.2) is 56.4 Å². The van der Waals surface area contributed by atoms with Crippen molar-refractivity contribution in [2.75, 3.05) is 12.3 Å². The van der Waals surface area contributed by atoms with Crippen LogP contribution in [0.5, 0.6) is 0 Å². The fraction of sp³-hybridized carbons (Fsp3) is 0.429. The predicted octanol–water partition coefficient (Wildman–Crippen LogP) is 4.08. The maximum Gasteiger partial charge on any atom is 0.414 e. The molecule has 0 saturated carbocycles. The number of aromatic nitrogens is 1. The number of pyridine rings is 1. The van der Waals surface area contributed by atoms with Gasteiger partial charge in [-0.25, -0.2) is 0 Å². The number of carbonyl (C=O) groups is 1. The average Bonchev–Trinajstić information content (AvgIpc) is 2.55. The van der Waals surface area contributed by atoms with Crippen LogP contribution in [0.1, 0.15) is 6.92 Å². The van der Waals surface area contributed by atoms with Crippen molar-refractivity contribution in [2.24, 2.45) is 4.99 Å². The number of halogens is 5. The molecule has 2 atom stereocenters. The molecule has 1 heterocycles. The van der Waals surface area contributed by atoms with E-state index in [1.165, 1.54) is 12.4 Å². The summed E-state index contributed by atoms with van der Waals surface area (Å²) in [5.41, 5.74) is 0.487. The fourth-order valence-corrected chi connectivity index (χ4v) is 2.73. The number of hydrogen-bond donors (Lipinski definition) is 1. The summed E-state index contributed by atoms with van der Waals surface area (Å²) in [6, 6.07) is 2.33. The second-order valence-electron chi connectivity index (χ2n) is 4.63. The summed E-state index contributed by atoms with van der Waals surface area (Å²) in [7, 11) is 0. The highest BCUT2D eigenvalue weighted by molar-refractivity contribution is 8.01. The Morgan fingerprint density at radius 3 is 2.72 bits per heavy atom. The van der Waals surface area contributed by atoms with Crippen LogP contribution in [0.15, 0.2) is 29.5 Å². The Labute approximate surface area is 157 Å². The zero-order valence-electron chi connectivity index (χ0n) is 13.0. The largest absolute Gasteiger partial charge is 0.414 e. The van der Waals surface area contributed by atoms with Gasteiger partial charge in [0.1, 0.15) is 11.2 Å². The first-order chi connectivity index (χ1) is 11.7. The maximum absolute atomic E-state index is 12.4. The summed E-state index contributed by atoms with van der Waals surface area (Å²) in [6.45, 7) is 1.76. The number of nitrogens with zero attached hydrogens (tertiary/aromatic N) is 3. The van der Waals surface area contributed by atoms with E-state index in [0.29, 0.717) is 5.69 Å². The summed E-state index contributed by atoms with van der Waals surface area (Å²) in [5.74, 6) is -1.13. The van der Waals surface area contributed by atoms with Crippen molar-refractivity contribution in [1.29, 1.82) is 5.41 Å². The van der Waals surface area contributed by atoms with Crippen LogP contribution >= 0.6 is 35.0 Å². The molecule has 0 radical (unpaired) electrons. The highest BCUT2D eigenvalue weighted by Gasteiger charge is 2.39. The first-order valence-electron chi connectivity index (χ1n) is 6.96. The summed E-state index contributed by atoms with van der Waals surface area (Å²) in [4.78, 5) is 21.3. The van der Waals surface area contributed by atoms with Gasteiger partial charge in [0.2, 0.25) is 5.91 Å². The summed E-state index contributed by atoms with van der Waals surface area (Å²) in [5, 5.41) is 7.23. The molecule has 1 amide bonds. The fourth-order valence-electron chi connectivity index (χ4n) is 1.72. The lowest BCUT2D eigenvalue weighted by atomic mass is 10.2. The SMILES string of the molecule is CCN(C(=O)CSC(Cl)C(F)(F)F)C(C=Nc1cccnc1)C(=N)Cl. The van der Waals surface area contributed by atoms with E-state index < -0.39 is 28.6 Å². The highest BCUT2D eigenvalue weighted by atomic mass is 35.5. The van der Waals surface area contributed by atoms with Crippen LogP contribution in [0.25, 0.3) is 0 Å². The van der Waals surface area contributed by atoms with Crippen LogP contribution in [0.3, 0.4) is 0 Å². The van der Waals surface area contributed by atoms with Gasteiger partial charge in [0.25, 0.3) is 0 Å². The van der Waals surface area contributed by atoms with Crippen LogP contribution in [0, 0.1) is 5.41 Å². The second-order valence-corrected chi connectivity index (χ2v) is 6.83. The molecule has 25 heavy (non-hydrogen) atoms. The Morgan fingerprint density at radius 2 is 2.24 bits per heavy atom. The molecule has 1 aromatic heterocycles. The quantitative estimate of drug-likeness (QED) is 0.514. The van der Waals surface area contributed by atoms with E-state index in [2.05, 4.69) is 9.98 Å². The minimum absolute atomic E-state index is 0.136. The second kappa shape index (κ2) is 9.98. The van der Waals surface area contributed by atoms with E-state index >= 15 is 0 Å². The van der Waals surface area contributed by atoms with Gasteiger partial charge in [-0.15, -0.1) is 23.4 Å². The number of nitrogens with one attached hydrogen (secondary N) is 1. The molecular formula is C14H15Cl2F3N4OS. The number of rotatable bonds is 8. The van der Waals surface area contributed by atoms with Crippen LogP contribution in [0.2, 0.25) is 0 Å². The molecule has 11 heteroatoms. The average molecular weight is 415 g/mol. The lowest BCUT2D eigenvalue weighted by Gasteiger charge is -2.27. The Hall–Kier alpha value is -1.32. The smallest absolute Gasteiger partial charge is 0.328 e. The van der Waals surface area contributed by atoms with E-state index in [1.807, 2.05) is 0 Å². The summed E-state index contributed by atoms with van der Waals surface area (Å²) < 4.78 is 35.1. The summed E-state index contributed by atoms with van der Waals surface area (Å²) in [6.07, 6.45) is -0.298. The molecule has 2 unspecified atom stereocenters. The minimum Gasteiger partial charge on any atom is -0.328 e. The first-order valence-corrected chi connectivity index (χ1v) is 8.83. The van der Waals surface area contributed by atoms with Crippen molar-refractivity contribution in [1.82, 2.24) is 9.88 Å². The van der Waals surface area contributed by atoms with Crippen molar-refractivity contribution >= 4 is 57.9 Å². The van der Waals surface area contributed by atoms with Crippen LogP contribution < -0.4 is 0 Å². The molecule has 0 aliphatic heterocycles. The van der Waals surface area contributed by atoms with Gasteiger partial charge >= 0.3 is 6.18 Å². The van der Waals surface area contributed by atoms with Gasteiger partial charge in [0.05, 0.1) is 17.6 Å². The molecule has 0 bridgehead atoms. The molecule has 0 saturated heterocycles. The Morgan fingerprint density at radius 1 is 1.56 bits per heavy atom. The lowest BCUT2D eigenvalue weighted by molar-refractivity contribution is -0.128. The first kappa shape index (κ1) is 21.7. The third-order valence-electron chi connectivity index (χ3n) is 2.88. The number of hydrogen-bond acceptors (Lipinski definition) is 5. The van der Waals surface area contributed by atoms with Gasteiger partial charge < -0.3 is 4.90 Å². The van der Waals surface area contributed by atoms with Crippen molar-refractivity contribution < 1.29 is 18.0 Å². The number of aliphatic imine (C=N–C) groups is 1. The van der Waals surface area contributed by atoms with Crippen molar-refractivity contribution in [3.63, 3.8) is 0 Å². The molecule has 1 aromatic rings. The third-order valence-corrected chi connectivity index (χ3v) is 4.70. The molecule has 0 spiro atoms. The molecule has 5 nitrogen and oxygen atoms in total. The number of alkyl halides is 4. The number of amides is 1.